The monoisotopic (exact) mass is 1310 g/mol. The van der Waals surface area contributed by atoms with Gasteiger partial charge in [-0.2, -0.15) is 0 Å². The van der Waals surface area contributed by atoms with Crippen molar-refractivity contribution in [3.05, 3.63) is 106 Å². The Kier molecular flexibility index (Phi) is 48.6. The van der Waals surface area contributed by atoms with E-state index in [2.05, 4.69) is 151 Å². The summed E-state index contributed by atoms with van der Waals surface area (Å²) in [5.74, 6) is -0.200. The van der Waals surface area contributed by atoms with Crippen LogP contribution in [-0.2, 0) is 72.8 Å². The van der Waals surface area contributed by atoms with Crippen LogP contribution in [0.3, 0.4) is 0 Å². The number of rotatable bonds is 6. The topological polar surface area (TPSA) is 148 Å². The molecule has 0 aromatic heterocycles. The molecule has 72 heavy (non-hydrogen) atoms. The van der Waals surface area contributed by atoms with Crippen molar-refractivity contribution < 1.29 is 140 Å². The molecule has 3 aliphatic heterocycles. The van der Waals surface area contributed by atoms with E-state index in [9.17, 15) is 66.2 Å². The summed E-state index contributed by atoms with van der Waals surface area (Å²) in [7, 11) is -18.0. The molecule has 3 fully saturated rings. The molecule has 0 saturated carbocycles. The van der Waals surface area contributed by atoms with Gasteiger partial charge in [0.15, 0.2) is 0 Å². The fourth-order valence-electron chi connectivity index (χ4n) is 5.54. The largest absolute Gasteiger partial charge is 1.00 e. The summed E-state index contributed by atoms with van der Waals surface area (Å²) in [4.78, 5) is 30.4. The van der Waals surface area contributed by atoms with E-state index in [1.165, 1.54) is 33.4 Å². The maximum atomic E-state index is 10.1. The maximum absolute atomic E-state index is 10.1. The molecule has 3 atom stereocenters. The Bertz CT molecular complexity index is 1580. The van der Waals surface area contributed by atoms with Crippen molar-refractivity contribution in [2.45, 2.75) is 137 Å². The van der Waals surface area contributed by atoms with Crippen LogP contribution in [0.15, 0.2) is 72.8 Å². The van der Waals surface area contributed by atoms with Crippen LogP contribution in [0.25, 0.3) is 0 Å². The second-order valence-electron chi connectivity index (χ2n) is 16.6. The number of hydrogen-bond acceptors (Lipinski definition) is 6. The number of carboxylic acid groups (broad SMARTS) is 3. The van der Waals surface area contributed by atoms with Crippen LogP contribution < -0.4 is 16.0 Å². The van der Waals surface area contributed by atoms with E-state index in [1.54, 1.807) is 0 Å². The molecule has 3 heterocycles. The van der Waals surface area contributed by atoms with E-state index in [4.69, 9.17) is 15.3 Å². The Morgan fingerprint density at radius 2 is 0.556 bits per heavy atom. The molecule has 6 rings (SSSR count). The molecule has 9 nitrogen and oxygen atoms in total. The van der Waals surface area contributed by atoms with Gasteiger partial charge in [-0.3, -0.25) is 14.4 Å². The van der Waals surface area contributed by atoms with Crippen molar-refractivity contribution in [3.63, 3.8) is 0 Å². The Morgan fingerprint density at radius 1 is 0.403 bits per heavy atom. The molecule has 417 valence electrons. The van der Waals surface area contributed by atoms with Crippen LogP contribution in [0, 0.1) is 20.8 Å². The number of carboxylic acids is 3. The first-order valence-corrected chi connectivity index (χ1v) is 22.2. The predicted octanol–water partition coefficient (Wildman–Crippen LogP) is 12.7. The van der Waals surface area contributed by atoms with Crippen molar-refractivity contribution in [2.24, 2.45) is 0 Å². The van der Waals surface area contributed by atoms with Gasteiger partial charge in [0.1, 0.15) is 18.1 Å². The summed E-state index contributed by atoms with van der Waals surface area (Å²) >= 11 is 0. The molecule has 3 aromatic carbocycles. The van der Waals surface area contributed by atoms with Crippen molar-refractivity contribution in [1.82, 2.24) is 16.0 Å². The summed E-state index contributed by atoms with van der Waals surface area (Å²) in [5, 5.41) is 33.6. The van der Waals surface area contributed by atoms with Crippen LogP contribution in [-0.4, -0.2) is 92.8 Å². The molecule has 6 N–H and O–H groups in total. The van der Waals surface area contributed by atoms with Gasteiger partial charge >= 0.3 is 98.1 Å². The fourth-order valence-corrected chi connectivity index (χ4v) is 5.54. The van der Waals surface area contributed by atoms with Crippen LogP contribution in [0.5, 0.6) is 0 Å². The van der Waals surface area contributed by atoms with Gasteiger partial charge in [-0.05, 0) is 113 Å². The molecule has 3 radical (unpaired) electrons. The van der Waals surface area contributed by atoms with Crippen molar-refractivity contribution >= 4 is 39.7 Å². The molecule has 27 heteroatoms. The molecule has 0 amide bonds. The second kappa shape index (κ2) is 43.4. The Labute approximate surface area is 455 Å². The van der Waals surface area contributed by atoms with Gasteiger partial charge in [0.05, 0.1) is 0 Å². The molecule has 0 aliphatic carbocycles. The summed E-state index contributed by atoms with van der Waals surface area (Å²) < 4.78 is 117. The molecule has 0 spiro atoms. The minimum absolute atomic E-state index is 0. The molecule has 3 saturated heterocycles. The first kappa shape index (κ1) is 80.6. The number of carbonyl (C=O) groups is 3. The van der Waals surface area contributed by atoms with Gasteiger partial charge in [-0.25, -0.2) is 0 Å². The summed E-state index contributed by atoms with van der Waals surface area (Å²) in [6.45, 7) is 22.2. The first-order chi connectivity index (χ1) is 31.5. The Balaban J connectivity index is -0.000000171. The van der Waals surface area contributed by atoms with E-state index in [0.717, 1.165) is 58.2 Å². The SMILES string of the molecule is Cc1ccc(C(C)C)cc1.Cc1ccc(C(C)C)cc1.Cc1ccc(C(C)C)cc1.F[B-](F)(F)F.F[B-](F)(F)F.F[B-](F)(F)F.O=C(O)[C@@H]1CCCN1.O=C(O)[C@@H]1CCCN1.O=C(O)[C@@H]1CCCN1.[Ru+].[Ru+].[Ru+]. The van der Waals surface area contributed by atoms with E-state index < -0.39 is 39.7 Å². The van der Waals surface area contributed by atoms with Gasteiger partial charge in [-0.15, -0.1) is 0 Å². The standard InChI is InChI=1S/3C10H14.3C5H9NO2.3BF4.3Ru/c3*1-8(2)10-6-4-9(3)5-7-10;3*7-5(8)4-2-1-3-6-4;3*2-1(3,4)5;;;/h3*4-8H,1-3H3;3*4,6H,1-3H2,(H,7,8);;;;;;/q;;;;;;3*-1;3*+1/t;;;3*4-;;;;;;/m...000....../s1. The zero-order chi connectivity index (χ0) is 54.1. The van der Waals surface area contributed by atoms with Crippen LogP contribution in [0.4, 0.5) is 51.8 Å². The minimum Gasteiger partial charge on any atom is -0.480 e. The molecule has 0 unspecified atom stereocenters. The summed E-state index contributed by atoms with van der Waals surface area (Å²) in [5.41, 5.74) is 8.28. The van der Waals surface area contributed by atoms with Gasteiger partial charge < -0.3 is 83.1 Å². The maximum Gasteiger partial charge on any atom is 1.00 e. The predicted molar refractivity (Wildman–Crippen MR) is 252 cm³/mol. The number of aryl methyl sites for hydroxylation is 3. The van der Waals surface area contributed by atoms with Gasteiger partial charge in [0.2, 0.25) is 0 Å². The smallest absolute Gasteiger partial charge is 0.480 e. The average Bonchev–Trinajstić information content (AvgIpc) is 4.03. The first-order valence-electron chi connectivity index (χ1n) is 22.2. The van der Waals surface area contributed by atoms with Gasteiger partial charge in [0.25, 0.3) is 0 Å². The average molecular weight is 1310 g/mol. The zero-order valence-corrected chi connectivity index (χ0v) is 46.9. The van der Waals surface area contributed by atoms with Crippen molar-refractivity contribution in [1.29, 1.82) is 0 Å². The summed E-state index contributed by atoms with van der Waals surface area (Å²) in [6.07, 6.45) is 5.35. The minimum atomic E-state index is -6.00. The number of benzene rings is 3. The van der Waals surface area contributed by atoms with Crippen LogP contribution in [0.2, 0.25) is 0 Å². The van der Waals surface area contributed by atoms with E-state index in [0.29, 0.717) is 17.8 Å². The quantitative estimate of drug-likeness (QED) is 0.105. The van der Waals surface area contributed by atoms with E-state index >= 15 is 0 Å². The molecule has 3 aliphatic rings. The summed E-state index contributed by atoms with van der Waals surface area (Å²) in [6, 6.07) is 25.3. The van der Waals surface area contributed by atoms with Crippen LogP contribution >= 0.6 is 0 Å². The molecular weight excluding hydrogens is 1240 g/mol. The number of nitrogens with one attached hydrogen (secondary N) is 3. The number of halogens is 12. The molecular formula is C45H69B3F12N3O6Ru3. The third-order valence-electron chi connectivity index (χ3n) is 9.31. The van der Waals surface area contributed by atoms with Gasteiger partial charge in [0, 0.05) is 0 Å². The Morgan fingerprint density at radius 3 is 0.639 bits per heavy atom. The van der Waals surface area contributed by atoms with Crippen molar-refractivity contribution in [3.8, 4) is 0 Å². The Hall–Kier alpha value is -2.83. The normalized spacial score (nSPS) is 16.2. The molecule has 3 aromatic rings. The zero-order valence-electron chi connectivity index (χ0n) is 41.7. The number of hydrogen-bond donors (Lipinski definition) is 6. The number of aliphatic carboxylic acids is 3. The molecule has 0 bridgehead atoms. The third kappa shape index (κ3) is 56.5. The van der Waals surface area contributed by atoms with E-state index in [1.807, 2.05) is 0 Å². The van der Waals surface area contributed by atoms with E-state index in [-0.39, 0.29) is 76.6 Å². The van der Waals surface area contributed by atoms with Crippen molar-refractivity contribution in [2.75, 3.05) is 19.6 Å². The second-order valence-corrected chi connectivity index (χ2v) is 16.6. The van der Waals surface area contributed by atoms with Gasteiger partial charge in [-0.1, -0.05) is 131 Å². The van der Waals surface area contributed by atoms with Crippen LogP contribution in [0.1, 0.15) is 131 Å². The third-order valence-corrected chi connectivity index (χ3v) is 9.31. The fraction of sp³-hybridized carbons (Fsp3) is 0.533.